The van der Waals surface area contributed by atoms with Crippen molar-refractivity contribution in [1.82, 2.24) is 0 Å². The summed E-state index contributed by atoms with van der Waals surface area (Å²) in [5, 5.41) is 0. The van der Waals surface area contributed by atoms with Gasteiger partial charge in [-0.05, 0) is 38.0 Å². The summed E-state index contributed by atoms with van der Waals surface area (Å²) in [7, 11) is -5.05. The van der Waals surface area contributed by atoms with Gasteiger partial charge in [-0.15, -0.1) is 0 Å². The first kappa shape index (κ1) is 23.8. The van der Waals surface area contributed by atoms with Crippen molar-refractivity contribution in [1.29, 1.82) is 0 Å². The van der Waals surface area contributed by atoms with E-state index >= 15 is 0 Å². The Hall–Kier alpha value is -1.50. The van der Waals surface area contributed by atoms with Crippen LogP contribution < -0.4 is 0 Å². The fraction of sp³-hybridized carbons (Fsp3) is 0.875. The molecule has 13 heteroatoms. The van der Waals surface area contributed by atoms with Gasteiger partial charge in [0, 0.05) is 6.92 Å². The van der Waals surface area contributed by atoms with Crippen molar-refractivity contribution in [3.8, 4) is 0 Å². The third-order valence-electron chi connectivity index (χ3n) is 5.45. The van der Waals surface area contributed by atoms with E-state index in [4.69, 9.17) is 9.29 Å². The van der Waals surface area contributed by atoms with Crippen LogP contribution >= 0.6 is 0 Å². The van der Waals surface area contributed by atoms with E-state index in [9.17, 15) is 40.0 Å². The Morgan fingerprint density at radius 1 is 1.00 bits per heavy atom. The van der Waals surface area contributed by atoms with Crippen molar-refractivity contribution in [2.75, 3.05) is 5.75 Å². The molecule has 2 rings (SSSR count). The van der Waals surface area contributed by atoms with Crippen LogP contribution in [0, 0.1) is 23.7 Å². The Balaban J connectivity index is 1.98. The molecule has 0 aliphatic heterocycles. The van der Waals surface area contributed by atoms with Gasteiger partial charge in [-0.25, -0.2) is 8.78 Å². The number of hydrogen-bond donors (Lipinski definition) is 1. The molecule has 2 aliphatic rings. The number of hydrogen-bond acceptors (Lipinski definition) is 6. The molecule has 0 amide bonds. The van der Waals surface area contributed by atoms with Crippen LogP contribution in [0.2, 0.25) is 0 Å². The second kappa shape index (κ2) is 7.97. The average Bonchev–Trinajstić information content (AvgIpc) is 3.11. The van der Waals surface area contributed by atoms with Crippen LogP contribution in [0.4, 0.5) is 22.0 Å². The maximum Gasteiger partial charge on any atom is 0.426 e. The fourth-order valence-corrected chi connectivity index (χ4v) is 4.47. The van der Waals surface area contributed by atoms with Gasteiger partial charge >= 0.3 is 18.1 Å². The lowest BCUT2D eigenvalue weighted by molar-refractivity contribution is -0.218. The number of rotatable bonds is 7. The highest BCUT2D eigenvalue weighted by Crippen LogP contribution is 2.53. The van der Waals surface area contributed by atoms with Crippen LogP contribution in [0.5, 0.6) is 0 Å². The summed E-state index contributed by atoms with van der Waals surface area (Å²) in [5.74, 6) is -9.86. The predicted molar refractivity (Wildman–Crippen MR) is 86.3 cm³/mol. The lowest BCUT2D eigenvalue weighted by Gasteiger charge is -2.29. The van der Waals surface area contributed by atoms with Gasteiger partial charge in [0.1, 0.15) is 5.75 Å². The molecule has 7 nitrogen and oxygen atoms in total. The van der Waals surface area contributed by atoms with Gasteiger partial charge in [0.25, 0.3) is 16.0 Å². The monoisotopic (exact) mass is 452 g/mol. The quantitative estimate of drug-likeness (QED) is 0.359. The van der Waals surface area contributed by atoms with Crippen LogP contribution in [0.3, 0.4) is 0 Å². The summed E-state index contributed by atoms with van der Waals surface area (Å²) in [5.41, 5.74) is 0. The SMILES string of the molecule is CC(OC(=O)C1CC2CC1CC2C(=O)OC(CS(=O)(=O)O)C(F)(F)F)C(C)(F)F. The Kier molecular flexibility index (Phi) is 6.53. The fourth-order valence-electron chi connectivity index (χ4n) is 3.83. The minimum absolute atomic E-state index is 0.00336. The normalized spacial score (nSPS) is 29.4. The van der Waals surface area contributed by atoms with E-state index < -0.39 is 75.8 Å². The van der Waals surface area contributed by atoms with Crippen molar-refractivity contribution in [2.24, 2.45) is 23.7 Å². The van der Waals surface area contributed by atoms with Gasteiger partial charge < -0.3 is 9.47 Å². The summed E-state index contributed by atoms with van der Waals surface area (Å²) in [6.07, 6.45) is -9.49. The standard InChI is InChI=1S/C16H21F5O7S/c1-7(15(2,17)18)27-13(22)10-4-9-3-8(10)5-11(9)14(23)28-12(16(19,20)21)6-29(24,25)26/h7-12H,3-6H2,1-2H3,(H,24,25,26). The summed E-state index contributed by atoms with van der Waals surface area (Å²) in [4.78, 5) is 24.3. The zero-order valence-corrected chi connectivity index (χ0v) is 16.3. The number of carbonyl (C=O) groups excluding carboxylic acids is 2. The van der Waals surface area contributed by atoms with E-state index in [1.165, 1.54) is 0 Å². The van der Waals surface area contributed by atoms with Gasteiger partial charge in [-0.1, -0.05) is 0 Å². The average molecular weight is 452 g/mol. The van der Waals surface area contributed by atoms with E-state index in [1.54, 1.807) is 0 Å². The number of ether oxygens (including phenoxy) is 2. The van der Waals surface area contributed by atoms with Crippen molar-refractivity contribution >= 4 is 22.1 Å². The molecule has 1 N–H and O–H groups in total. The Morgan fingerprint density at radius 2 is 1.45 bits per heavy atom. The predicted octanol–water partition coefficient (Wildman–Crippen LogP) is 2.60. The lowest BCUT2D eigenvalue weighted by Crippen LogP contribution is -2.42. The highest BCUT2D eigenvalue weighted by Gasteiger charge is 2.54. The highest BCUT2D eigenvalue weighted by atomic mass is 32.2. The zero-order chi connectivity index (χ0) is 22.4. The van der Waals surface area contributed by atoms with Gasteiger partial charge in [-0.3, -0.25) is 14.1 Å². The van der Waals surface area contributed by atoms with Crippen molar-refractivity contribution in [2.45, 2.75) is 57.4 Å². The lowest BCUT2D eigenvalue weighted by atomic mass is 9.82. The van der Waals surface area contributed by atoms with E-state index in [0.29, 0.717) is 13.3 Å². The molecule has 168 valence electrons. The van der Waals surface area contributed by atoms with Crippen LogP contribution in [0.25, 0.3) is 0 Å². The number of esters is 2. The molecule has 29 heavy (non-hydrogen) atoms. The Labute approximate surface area is 163 Å². The summed E-state index contributed by atoms with van der Waals surface area (Å²) >= 11 is 0. The molecule has 0 aromatic heterocycles. The largest absolute Gasteiger partial charge is 0.456 e. The maximum atomic E-state index is 13.2. The molecule has 0 aromatic carbocycles. The second-order valence-corrected chi connectivity index (χ2v) is 9.19. The first-order valence-corrected chi connectivity index (χ1v) is 10.4. The molecule has 0 aromatic rings. The minimum Gasteiger partial charge on any atom is -0.456 e. The van der Waals surface area contributed by atoms with Crippen LogP contribution in [-0.2, 0) is 29.2 Å². The van der Waals surface area contributed by atoms with E-state index in [-0.39, 0.29) is 12.8 Å². The molecular weight excluding hydrogens is 431 g/mol. The molecule has 2 saturated carbocycles. The molecule has 2 fully saturated rings. The molecular formula is C16H21F5O7S. The third kappa shape index (κ3) is 6.00. The minimum atomic E-state index is -5.20. The number of halogens is 5. The third-order valence-corrected chi connectivity index (χ3v) is 6.18. The van der Waals surface area contributed by atoms with Crippen molar-refractivity contribution < 1.29 is 54.0 Å². The van der Waals surface area contributed by atoms with E-state index in [2.05, 4.69) is 4.74 Å². The highest BCUT2D eigenvalue weighted by molar-refractivity contribution is 7.85. The summed E-state index contributed by atoms with van der Waals surface area (Å²) in [6.45, 7) is 1.64. The smallest absolute Gasteiger partial charge is 0.426 e. The second-order valence-electron chi connectivity index (χ2n) is 7.69. The first-order chi connectivity index (χ1) is 13.0. The Bertz CT molecular complexity index is 746. The van der Waals surface area contributed by atoms with Gasteiger partial charge in [0.2, 0.25) is 6.10 Å². The van der Waals surface area contributed by atoms with Crippen LogP contribution in [0.15, 0.2) is 0 Å². The van der Waals surface area contributed by atoms with Crippen molar-refractivity contribution in [3.05, 3.63) is 0 Å². The van der Waals surface area contributed by atoms with Gasteiger partial charge in [0.05, 0.1) is 11.8 Å². The van der Waals surface area contributed by atoms with Gasteiger partial charge in [-0.2, -0.15) is 21.6 Å². The topological polar surface area (TPSA) is 107 Å². The number of carbonyl (C=O) groups is 2. The van der Waals surface area contributed by atoms with Crippen LogP contribution in [0.1, 0.15) is 33.1 Å². The summed E-state index contributed by atoms with van der Waals surface area (Å²) in [6, 6.07) is 0. The van der Waals surface area contributed by atoms with Gasteiger partial charge in [0.15, 0.2) is 6.10 Å². The molecule has 6 unspecified atom stereocenters. The molecule has 2 aliphatic carbocycles. The van der Waals surface area contributed by atoms with E-state index in [0.717, 1.165) is 6.92 Å². The Morgan fingerprint density at radius 3 is 1.79 bits per heavy atom. The first-order valence-electron chi connectivity index (χ1n) is 8.79. The molecule has 0 saturated heterocycles. The zero-order valence-electron chi connectivity index (χ0n) is 15.5. The maximum absolute atomic E-state index is 13.2. The van der Waals surface area contributed by atoms with E-state index in [1.807, 2.05) is 0 Å². The molecule has 6 atom stereocenters. The molecule has 2 bridgehead atoms. The molecule has 0 spiro atoms. The molecule has 0 radical (unpaired) electrons. The number of fused-ring (bicyclic) bond motifs is 2. The van der Waals surface area contributed by atoms with Crippen LogP contribution in [-0.4, -0.2) is 55.0 Å². The summed E-state index contributed by atoms with van der Waals surface area (Å²) < 4.78 is 104. The number of alkyl halides is 5. The van der Waals surface area contributed by atoms with Crippen molar-refractivity contribution in [3.63, 3.8) is 0 Å². The molecule has 0 heterocycles.